The van der Waals surface area contributed by atoms with Crippen molar-refractivity contribution in [2.45, 2.75) is 6.61 Å². The predicted molar refractivity (Wildman–Crippen MR) is 95.0 cm³/mol. The Kier molecular flexibility index (Phi) is 5.82. The molecule has 2 aromatic rings. The number of hydrogen-bond donors (Lipinski definition) is 2. The molecule has 0 spiro atoms. The zero-order chi connectivity index (χ0) is 17.7. The first-order valence-corrected chi connectivity index (χ1v) is 9.22. The van der Waals surface area contributed by atoms with Gasteiger partial charge < -0.3 is 10.1 Å². The summed E-state index contributed by atoms with van der Waals surface area (Å²) in [6, 6.07) is 11.5. The summed E-state index contributed by atoms with van der Waals surface area (Å²) in [5.74, 6) is -0.438. The standard InChI is InChI=1S/C16H17ClN2O4S/c1-23-10-11-4-3-5-12(8-11)18-16(20)14-9-13(6-7-15(14)17)19-24(2,21)22/h3-9,19H,10H2,1-2H3,(H,18,20). The van der Waals surface area contributed by atoms with Crippen LogP contribution in [0.2, 0.25) is 5.02 Å². The topological polar surface area (TPSA) is 84.5 Å². The molecule has 2 aromatic carbocycles. The number of benzene rings is 2. The molecule has 24 heavy (non-hydrogen) atoms. The molecule has 128 valence electrons. The van der Waals surface area contributed by atoms with E-state index in [4.69, 9.17) is 16.3 Å². The van der Waals surface area contributed by atoms with Gasteiger partial charge in [-0.1, -0.05) is 23.7 Å². The number of ether oxygens (including phenoxy) is 1. The maximum Gasteiger partial charge on any atom is 0.257 e. The van der Waals surface area contributed by atoms with Crippen LogP contribution in [0, 0.1) is 0 Å². The molecule has 2 rings (SSSR count). The van der Waals surface area contributed by atoms with Gasteiger partial charge in [0.25, 0.3) is 5.91 Å². The smallest absolute Gasteiger partial charge is 0.257 e. The molecule has 8 heteroatoms. The summed E-state index contributed by atoms with van der Waals surface area (Å²) < 4.78 is 30.0. The van der Waals surface area contributed by atoms with E-state index in [1.807, 2.05) is 6.07 Å². The second-order valence-electron chi connectivity index (χ2n) is 5.16. The number of carbonyl (C=O) groups excluding carboxylic acids is 1. The molecule has 0 unspecified atom stereocenters. The highest BCUT2D eigenvalue weighted by atomic mass is 35.5. The zero-order valence-electron chi connectivity index (χ0n) is 13.2. The second-order valence-corrected chi connectivity index (χ2v) is 7.31. The minimum absolute atomic E-state index is 0.169. The van der Waals surface area contributed by atoms with Gasteiger partial charge in [-0.15, -0.1) is 0 Å². The van der Waals surface area contributed by atoms with E-state index in [1.54, 1.807) is 25.3 Å². The van der Waals surface area contributed by atoms with Gasteiger partial charge in [0, 0.05) is 18.5 Å². The summed E-state index contributed by atoms with van der Waals surface area (Å²) in [5, 5.41) is 2.95. The average Bonchev–Trinajstić information content (AvgIpc) is 2.48. The summed E-state index contributed by atoms with van der Waals surface area (Å²) in [6.07, 6.45) is 1.03. The SMILES string of the molecule is COCc1cccc(NC(=O)c2cc(NS(C)(=O)=O)ccc2Cl)c1. The number of rotatable bonds is 6. The Balaban J connectivity index is 2.23. The highest BCUT2D eigenvalue weighted by Gasteiger charge is 2.13. The third-order valence-corrected chi connectivity index (χ3v) is 3.95. The molecular formula is C16H17ClN2O4S. The molecule has 6 nitrogen and oxygen atoms in total. The van der Waals surface area contributed by atoms with Crippen LogP contribution in [0.4, 0.5) is 11.4 Å². The van der Waals surface area contributed by atoms with E-state index >= 15 is 0 Å². The van der Waals surface area contributed by atoms with E-state index in [0.717, 1.165) is 11.8 Å². The van der Waals surface area contributed by atoms with Crippen LogP contribution in [0.25, 0.3) is 0 Å². The molecule has 0 radical (unpaired) electrons. The van der Waals surface area contributed by atoms with Crippen molar-refractivity contribution in [2.75, 3.05) is 23.4 Å². The fourth-order valence-electron chi connectivity index (χ4n) is 2.08. The maximum absolute atomic E-state index is 12.4. The predicted octanol–water partition coefficient (Wildman–Crippen LogP) is 3.11. The van der Waals surface area contributed by atoms with Crippen LogP contribution < -0.4 is 10.0 Å². The molecule has 0 saturated heterocycles. The first kappa shape index (κ1) is 18.3. The van der Waals surface area contributed by atoms with Crippen molar-refractivity contribution in [3.8, 4) is 0 Å². The van der Waals surface area contributed by atoms with Gasteiger partial charge in [-0.3, -0.25) is 9.52 Å². The van der Waals surface area contributed by atoms with Crippen molar-refractivity contribution >= 4 is 38.9 Å². The minimum atomic E-state index is -3.44. The van der Waals surface area contributed by atoms with Crippen molar-refractivity contribution in [2.24, 2.45) is 0 Å². The van der Waals surface area contributed by atoms with Crippen LogP contribution in [-0.2, 0) is 21.4 Å². The van der Waals surface area contributed by atoms with Crippen LogP contribution in [-0.4, -0.2) is 27.7 Å². The van der Waals surface area contributed by atoms with E-state index in [9.17, 15) is 13.2 Å². The van der Waals surface area contributed by atoms with Crippen molar-refractivity contribution in [1.29, 1.82) is 0 Å². The minimum Gasteiger partial charge on any atom is -0.380 e. The number of amides is 1. The van der Waals surface area contributed by atoms with Crippen LogP contribution in [0.5, 0.6) is 0 Å². The third kappa shape index (κ3) is 5.23. The molecule has 0 aliphatic carbocycles. The fourth-order valence-corrected chi connectivity index (χ4v) is 2.84. The molecule has 0 aliphatic heterocycles. The molecule has 0 saturated carbocycles. The summed E-state index contributed by atoms with van der Waals surface area (Å²) >= 11 is 6.05. The summed E-state index contributed by atoms with van der Waals surface area (Å²) in [5.41, 5.74) is 1.93. The van der Waals surface area contributed by atoms with Gasteiger partial charge in [-0.25, -0.2) is 8.42 Å². The van der Waals surface area contributed by atoms with Crippen LogP contribution in [0.1, 0.15) is 15.9 Å². The number of carbonyl (C=O) groups is 1. The lowest BCUT2D eigenvalue weighted by molar-refractivity contribution is 0.102. The molecular weight excluding hydrogens is 352 g/mol. The summed E-state index contributed by atoms with van der Waals surface area (Å²) in [7, 11) is -1.85. The number of hydrogen-bond acceptors (Lipinski definition) is 4. The number of methoxy groups -OCH3 is 1. The van der Waals surface area contributed by atoms with E-state index in [-0.39, 0.29) is 16.3 Å². The van der Waals surface area contributed by atoms with Crippen LogP contribution in [0.15, 0.2) is 42.5 Å². The van der Waals surface area contributed by atoms with E-state index in [0.29, 0.717) is 12.3 Å². The third-order valence-electron chi connectivity index (χ3n) is 3.01. The number of nitrogens with one attached hydrogen (secondary N) is 2. The Labute approximate surface area is 145 Å². The quantitative estimate of drug-likeness (QED) is 0.820. The molecule has 0 fully saturated rings. The van der Waals surface area contributed by atoms with Gasteiger partial charge in [-0.2, -0.15) is 0 Å². The summed E-state index contributed by atoms with van der Waals surface area (Å²) in [4.78, 5) is 12.4. The molecule has 0 aromatic heterocycles. The maximum atomic E-state index is 12.4. The number of anilines is 2. The Hall–Kier alpha value is -2.09. The molecule has 1 amide bonds. The molecule has 0 atom stereocenters. The summed E-state index contributed by atoms with van der Waals surface area (Å²) in [6.45, 7) is 0.429. The van der Waals surface area contributed by atoms with Gasteiger partial charge in [0.15, 0.2) is 0 Å². The van der Waals surface area contributed by atoms with Crippen molar-refractivity contribution in [1.82, 2.24) is 0 Å². The van der Waals surface area contributed by atoms with Crippen LogP contribution in [0.3, 0.4) is 0 Å². The molecule has 0 bridgehead atoms. The van der Waals surface area contributed by atoms with E-state index < -0.39 is 15.9 Å². The van der Waals surface area contributed by atoms with E-state index in [2.05, 4.69) is 10.0 Å². The van der Waals surface area contributed by atoms with Crippen molar-refractivity contribution < 1.29 is 17.9 Å². The number of halogens is 1. The lowest BCUT2D eigenvalue weighted by Gasteiger charge is -2.10. The normalized spacial score (nSPS) is 11.1. The number of sulfonamides is 1. The Morgan fingerprint density at radius 1 is 1.17 bits per heavy atom. The van der Waals surface area contributed by atoms with Gasteiger partial charge in [-0.05, 0) is 35.9 Å². The second kappa shape index (κ2) is 7.65. The Morgan fingerprint density at radius 2 is 1.92 bits per heavy atom. The highest BCUT2D eigenvalue weighted by Crippen LogP contribution is 2.23. The Morgan fingerprint density at radius 3 is 2.58 bits per heavy atom. The Bertz CT molecular complexity index is 853. The average molecular weight is 369 g/mol. The molecule has 2 N–H and O–H groups in total. The van der Waals surface area contributed by atoms with Gasteiger partial charge in [0.05, 0.1) is 23.4 Å². The monoisotopic (exact) mass is 368 g/mol. The lowest BCUT2D eigenvalue weighted by atomic mass is 10.1. The van der Waals surface area contributed by atoms with Crippen molar-refractivity contribution in [3.05, 3.63) is 58.6 Å². The molecule has 0 heterocycles. The van der Waals surface area contributed by atoms with Gasteiger partial charge in [0.1, 0.15) is 0 Å². The van der Waals surface area contributed by atoms with Crippen molar-refractivity contribution in [3.63, 3.8) is 0 Å². The highest BCUT2D eigenvalue weighted by molar-refractivity contribution is 7.92. The first-order valence-electron chi connectivity index (χ1n) is 6.95. The first-order chi connectivity index (χ1) is 11.3. The van der Waals surface area contributed by atoms with E-state index in [1.165, 1.54) is 18.2 Å². The van der Waals surface area contributed by atoms with Gasteiger partial charge >= 0.3 is 0 Å². The van der Waals surface area contributed by atoms with Crippen LogP contribution >= 0.6 is 11.6 Å². The lowest BCUT2D eigenvalue weighted by Crippen LogP contribution is -2.14. The zero-order valence-corrected chi connectivity index (χ0v) is 14.7. The fraction of sp³-hybridized carbons (Fsp3) is 0.188. The largest absolute Gasteiger partial charge is 0.380 e. The van der Waals surface area contributed by atoms with Gasteiger partial charge in [0.2, 0.25) is 10.0 Å². The molecule has 0 aliphatic rings.